The summed E-state index contributed by atoms with van der Waals surface area (Å²) in [5.41, 5.74) is 2.90. The van der Waals surface area contributed by atoms with Gasteiger partial charge in [-0.15, -0.1) is 0 Å². The van der Waals surface area contributed by atoms with Crippen molar-refractivity contribution < 1.29 is 13.2 Å². The molecule has 0 aliphatic heterocycles. The molecule has 1 amide bonds. The first-order chi connectivity index (χ1) is 12.2. The van der Waals surface area contributed by atoms with Gasteiger partial charge < -0.3 is 5.32 Å². The minimum Gasteiger partial charge on any atom is -0.322 e. The Bertz CT molecular complexity index is 905. The van der Waals surface area contributed by atoms with Gasteiger partial charge in [0.05, 0.1) is 4.90 Å². The number of sulfonamides is 1. The van der Waals surface area contributed by atoms with Crippen LogP contribution in [0.4, 0.5) is 5.69 Å². The normalized spacial score (nSPS) is 12.8. The second-order valence-corrected chi connectivity index (χ2v) is 8.77. The van der Waals surface area contributed by atoms with Gasteiger partial charge in [0.25, 0.3) is 5.91 Å². The number of rotatable bonds is 6. The maximum Gasteiger partial charge on any atom is 0.255 e. The lowest BCUT2D eigenvalue weighted by Crippen LogP contribution is -2.23. The highest BCUT2D eigenvalue weighted by Gasteiger charge is 2.21. The van der Waals surface area contributed by atoms with E-state index in [0.717, 1.165) is 27.5 Å². The summed E-state index contributed by atoms with van der Waals surface area (Å²) in [5, 5.41) is 2.94. The van der Waals surface area contributed by atoms with E-state index >= 15 is 0 Å². The molecule has 0 aliphatic rings. The summed E-state index contributed by atoms with van der Waals surface area (Å²) in [4.78, 5) is 12.9. The van der Waals surface area contributed by atoms with Crippen LogP contribution in [0.25, 0.3) is 0 Å². The third kappa shape index (κ3) is 4.14. The lowest BCUT2D eigenvalue weighted by Gasteiger charge is -2.17. The first-order valence-electron chi connectivity index (χ1n) is 8.62. The second-order valence-electron chi connectivity index (χ2n) is 6.61. The summed E-state index contributed by atoms with van der Waals surface area (Å²) in [7, 11) is -0.656. The van der Waals surface area contributed by atoms with Crippen LogP contribution in [0.1, 0.15) is 47.7 Å². The molecule has 0 heterocycles. The molecule has 1 atom stereocenters. The number of nitrogens with one attached hydrogen (secondary N) is 1. The van der Waals surface area contributed by atoms with Crippen LogP contribution in [0.3, 0.4) is 0 Å². The Morgan fingerprint density at radius 1 is 1.15 bits per heavy atom. The molecule has 0 fully saturated rings. The van der Waals surface area contributed by atoms with Crippen LogP contribution in [-0.4, -0.2) is 32.7 Å². The number of hydrogen-bond acceptors (Lipinski definition) is 3. The van der Waals surface area contributed by atoms with Crippen LogP contribution < -0.4 is 5.32 Å². The molecule has 1 N–H and O–H groups in total. The smallest absolute Gasteiger partial charge is 0.255 e. The number of carbonyl (C=O) groups excluding carboxylic acids is 1. The fraction of sp³-hybridized carbons (Fsp3) is 0.350. The van der Waals surface area contributed by atoms with Crippen molar-refractivity contribution in [3.05, 3.63) is 59.2 Å². The molecule has 0 saturated heterocycles. The molecule has 2 aromatic rings. The SMILES string of the molecule is CC[C@@H](C)c1ccccc1NC(=O)c1cc(S(=O)(=O)N(C)C)ccc1C. The molecule has 6 heteroatoms. The Balaban J connectivity index is 2.40. The number of carbonyl (C=O) groups is 1. The van der Waals surface area contributed by atoms with Crippen molar-refractivity contribution in [1.82, 2.24) is 4.31 Å². The van der Waals surface area contributed by atoms with E-state index in [0.29, 0.717) is 11.5 Å². The third-order valence-electron chi connectivity index (χ3n) is 4.58. The summed E-state index contributed by atoms with van der Waals surface area (Å²) in [6, 6.07) is 12.3. The lowest BCUT2D eigenvalue weighted by molar-refractivity contribution is 0.102. The maximum absolute atomic E-state index is 12.8. The molecular weight excluding hydrogens is 348 g/mol. The standard InChI is InChI=1S/C20H26N2O3S/c1-6-14(2)17-9-7-8-10-19(17)21-20(23)18-13-16(12-11-15(18)3)26(24,25)22(4)5/h7-14H,6H2,1-5H3,(H,21,23)/t14-/m1/s1. The van der Waals surface area contributed by atoms with Crippen LogP contribution in [0, 0.1) is 6.92 Å². The van der Waals surface area contributed by atoms with E-state index in [2.05, 4.69) is 19.2 Å². The van der Waals surface area contributed by atoms with Gasteiger partial charge in [-0.05, 0) is 48.6 Å². The number of hydrogen-bond donors (Lipinski definition) is 1. The molecule has 0 aromatic heterocycles. The molecule has 0 radical (unpaired) electrons. The first kappa shape index (κ1) is 20.1. The van der Waals surface area contributed by atoms with Crippen molar-refractivity contribution in [3.8, 4) is 0 Å². The van der Waals surface area contributed by atoms with Gasteiger partial charge in [0, 0.05) is 25.3 Å². The highest BCUT2D eigenvalue weighted by molar-refractivity contribution is 7.89. The minimum atomic E-state index is -3.59. The van der Waals surface area contributed by atoms with E-state index in [1.807, 2.05) is 24.3 Å². The van der Waals surface area contributed by atoms with E-state index in [-0.39, 0.29) is 10.8 Å². The molecule has 0 bridgehead atoms. The summed E-state index contributed by atoms with van der Waals surface area (Å²) in [6.07, 6.45) is 0.961. The van der Waals surface area contributed by atoms with Gasteiger partial charge in [-0.1, -0.05) is 38.1 Å². The van der Waals surface area contributed by atoms with Crippen molar-refractivity contribution >= 4 is 21.6 Å². The van der Waals surface area contributed by atoms with Crippen molar-refractivity contribution in [1.29, 1.82) is 0 Å². The van der Waals surface area contributed by atoms with Crippen molar-refractivity contribution in [2.24, 2.45) is 0 Å². The van der Waals surface area contributed by atoms with Crippen molar-refractivity contribution in [2.75, 3.05) is 19.4 Å². The zero-order valence-electron chi connectivity index (χ0n) is 15.9. The number of anilines is 1. The van der Waals surface area contributed by atoms with Crippen molar-refractivity contribution in [2.45, 2.75) is 38.0 Å². The highest BCUT2D eigenvalue weighted by Crippen LogP contribution is 2.27. The maximum atomic E-state index is 12.8. The molecule has 0 saturated carbocycles. The molecule has 5 nitrogen and oxygen atoms in total. The zero-order chi connectivity index (χ0) is 19.5. The van der Waals surface area contributed by atoms with E-state index in [9.17, 15) is 13.2 Å². The molecular formula is C20H26N2O3S. The average molecular weight is 375 g/mol. The topological polar surface area (TPSA) is 66.5 Å². The van der Waals surface area contributed by atoms with Gasteiger partial charge >= 0.3 is 0 Å². The van der Waals surface area contributed by atoms with E-state index in [4.69, 9.17) is 0 Å². The van der Waals surface area contributed by atoms with Gasteiger partial charge in [-0.2, -0.15) is 0 Å². The Labute approximate surface area is 156 Å². The minimum absolute atomic E-state index is 0.105. The van der Waals surface area contributed by atoms with Crippen LogP contribution in [-0.2, 0) is 10.0 Å². The fourth-order valence-corrected chi connectivity index (χ4v) is 3.60. The lowest BCUT2D eigenvalue weighted by atomic mass is 9.96. The molecule has 2 rings (SSSR count). The molecule has 140 valence electrons. The number of amides is 1. The average Bonchev–Trinajstić information content (AvgIpc) is 2.61. The number of nitrogens with zero attached hydrogens (tertiary/aromatic N) is 1. The first-order valence-corrected chi connectivity index (χ1v) is 10.1. The second kappa shape index (κ2) is 8.01. The Morgan fingerprint density at radius 3 is 2.42 bits per heavy atom. The molecule has 2 aromatic carbocycles. The number of para-hydroxylation sites is 1. The quantitative estimate of drug-likeness (QED) is 0.831. The van der Waals surface area contributed by atoms with Crippen LogP contribution >= 0.6 is 0 Å². The molecule has 26 heavy (non-hydrogen) atoms. The highest BCUT2D eigenvalue weighted by atomic mass is 32.2. The summed E-state index contributed by atoms with van der Waals surface area (Å²) >= 11 is 0. The van der Waals surface area contributed by atoms with Gasteiger partial charge in [0.15, 0.2) is 0 Å². The molecule has 0 spiro atoms. The van der Waals surface area contributed by atoms with Gasteiger partial charge in [-0.25, -0.2) is 12.7 Å². The summed E-state index contributed by atoms with van der Waals surface area (Å²) < 4.78 is 25.8. The molecule has 0 aliphatic carbocycles. The summed E-state index contributed by atoms with van der Waals surface area (Å²) in [6.45, 7) is 6.01. The van der Waals surface area contributed by atoms with Gasteiger partial charge in [0.2, 0.25) is 10.0 Å². The van der Waals surface area contributed by atoms with Gasteiger partial charge in [-0.3, -0.25) is 4.79 Å². The van der Waals surface area contributed by atoms with Crippen molar-refractivity contribution in [3.63, 3.8) is 0 Å². The largest absolute Gasteiger partial charge is 0.322 e. The fourth-order valence-electron chi connectivity index (χ4n) is 2.67. The van der Waals surface area contributed by atoms with E-state index in [1.165, 1.54) is 26.2 Å². The third-order valence-corrected chi connectivity index (χ3v) is 6.40. The van der Waals surface area contributed by atoms with Gasteiger partial charge in [0.1, 0.15) is 0 Å². The van der Waals surface area contributed by atoms with E-state index in [1.54, 1.807) is 13.0 Å². The van der Waals surface area contributed by atoms with Crippen LogP contribution in [0.5, 0.6) is 0 Å². The number of benzene rings is 2. The molecule has 0 unspecified atom stereocenters. The number of aryl methyl sites for hydroxylation is 1. The predicted octanol–water partition coefficient (Wildman–Crippen LogP) is 4.01. The predicted molar refractivity (Wildman–Crippen MR) is 105 cm³/mol. The van der Waals surface area contributed by atoms with Crippen LogP contribution in [0.15, 0.2) is 47.4 Å². The summed E-state index contributed by atoms with van der Waals surface area (Å²) in [5.74, 6) is 0.00195. The monoisotopic (exact) mass is 374 g/mol. The van der Waals surface area contributed by atoms with E-state index < -0.39 is 10.0 Å². The Kier molecular flexibility index (Phi) is 6.21. The Hall–Kier alpha value is -2.18. The van der Waals surface area contributed by atoms with Crippen LogP contribution in [0.2, 0.25) is 0 Å². The Morgan fingerprint density at radius 2 is 1.81 bits per heavy atom. The zero-order valence-corrected chi connectivity index (χ0v) is 16.7.